The number of rotatable bonds is 3. The van der Waals surface area contributed by atoms with Gasteiger partial charge < -0.3 is 4.43 Å². The van der Waals surface area contributed by atoms with Gasteiger partial charge in [-0.2, -0.15) is 4.39 Å². The summed E-state index contributed by atoms with van der Waals surface area (Å²) in [7, 11) is -1.85. The van der Waals surface area contributed by atoms with Gasteiger partial charge in [0.25, 0.3) is 0 Å². The van der Waals surface area contributed by atoms with Crippen LogP contribution >= 0.6 is 15.9 Å². The van der Waals surface area contributed by atoms with Crippen molar-refractivity contribution in [2.75, 3.05) is 0 Å². The fraction of sp³-hybridized carbons (Fsp3) is 0.583. The number of hydrogen-bond donors (Lipinski definition) is 0. The van der Waals surface area contributed by atoms with Gasteiger partial charge in [-0.15, -0.1) is 0 Å². The van der Waals surface area contributed by atoms with Gasteiger partial charge in [0.15, 0.2) is 8.32 Å². The van der Waals surface area contributed by atoms with Gasteiger partial charge in [0.2, 0.25) is 5.95 Å². The van der Waals surface area contributed by atoms with E-state index in [1.807, 2.05) is 0 Å². The van der Waals surface area contributed by atoms with Gasteiger partial charge in [-0.1, -0.05) is 36.7 Å². The molecular formula is C12H19BrFNOSi. The van der Waals surface area contributed by atoms with E-state index in [1.54, 1.807) is 6.07 Å². The number of pyridine rings is 1. The van der Waals surface area contributed by atoms with Gasteiger partial charge in [0, 0.05) is 16.2 Å². The van der Waals surface area contributed by atoms with Crippen molar-refractivity contribution in [1.82, 2.24) is 4.98 Å². The van der Waals surface area contributed by atoms with Crippen molar-refractivity contribution in [2.24, 2.45) is 0 Å². The summed E-state index contributed by atoms with van der Waals surface area (Å²) in [4.78, 5) is 3.64. The Hall–Kier alpha value is -0.263. The van der Waals surface area contributed by atoms with Gasteiger partial charge >= 0.3 is 0 Å². The van der Waals surface area contributed by atoms with Crippen LogP contribution in [-0.2, 0) is 11.0 Å². The summed E-state index contributed by atoms with van der Waals surface area (Å²) in [6.07, 6.45) is 1.44. The van der Waals surface area contributed by atoms with Gasteiger partial charge in [-0.25, -0.2) is 4.98 Å². The van der Waals surface area contributed by atoms with E-state index in [2.05, 4.69) is 54.8 Å². The molecule has 0 aromatic carbocycles. The maximum atomic E-state index is 13.5. The lowest BCUT2D eigenvalue weighted by atomic mass is 10.2. The molecule has 5 heteroatoms. The second-order valence-electron chi connectivity index (χ2n) is 5.61. The highest BCUT2D eigenvalue weighted by Gasteiger charge is 2.37. The zero-order chi connectivity index (χ0) is 13.3. The molecule has 2 nitrogen and oxygen atoms in total. The fourth-order valence-electron chi connectivity index (χ4n) is 1.04. The van der Waals surface area contributed by atoms with E-state index >= 15 is 0 Å². The third-order valence-corrected chi connectivity index (χ3v) is 8.55. The van der Waals surface area contributed by atoms with Crippen molar-refractivity contribution in [2.45, 2.75) is 45.5 Å². The van der Waals surface area contributed by atoms with E-state index in [0.717, 1.165) is 0 Å². The molecule has 96 valence electrons. The van der Waals surface area contributed by atoms with Crippen molar-refractivity contribution in [3.05, 3.63) is 28.2 Å². The minimum Gasteiger partial charge on any atom is -0.412 e. The SMILES string of the molecule is CC(C)(C)[Si](C)(C)OCc1c(Br)ccnc1F. The monoisotopic (exact) mass is 319 g/mol. The quantitative estimate of drug-likeness (QED) is 0.604. The van der Waals surface area contributed by atoms with E-state index in [1.165, 1.54) is 6.20 Å². The lowest BCUT2D eigenvalue weighted by Crippen LogP contribution is -2.40. The third-order valence-electron chi connectivity index (χ3n) is 3.33. The summed E-state index contributed by atoms with van der Waals surface area (Å²) in [5.74, 6) is -0.460. The van der Waals surface area contributed by atoms with E-state index < -0.39 is 14.3 Å². The van der Waals surface area contributed by atoms with Crippen LogP contribution in [0.5, 0.6) is 0 Å². The smallest absolute Gasteiger partial charge is 0.219 e. The molecule has 1 aromatic heterocycles. The Bertz CT molecular complexity index is 384. The van der Waals surface area contributed by atoms with Gasteiger partial charge in [-0.3, -0.25) is 0 Å². The highest BCUT2D eigenvalue weighted by Crippen LogP contribution is 2.37. The van der Waals surface area contributed by atoms with Crippen molar-refractivity contribution < 1.29 is 8.82 Å². The summed E-state index contributed by atoms with van der Waals surface area (Å²) in [5, 5.41) is 0.123. The largest absolute Gasteiger partial charge is 0.412 e. The van der Waals surface area contributed by atoms with Crippen LogP contribution in [0, 0.1) is 5.95 Å². The summed E-state index contributed by atoms with van der Waals surface area (Å²) in [6, 6.07) is 1.73. The molecule has 0 saturated carbocycles. The molecule has 0 N–H and O–H groups in total. The first-order valence-electron chi connectivity index (χ1n) is 5.58. The Labute approximate surface area is 112 Å². The normalized spacial score (nSPS) is 12.9. The molecular weight excluding hydrogens is 301 g/mol. The molecule has 1 aromatic rings. The predicted molar refractivity (Wildman–Crippen MR) is 73.9 cm³/mol. The molecule has 17 heavy (non-hydrogen) atoms. The van der Waals surface area contributed by atoms with Crippen LogP contribution in [0.3, 0.4) is 0 Å². The third kappa shape index (κ3) is 3.60. The Balaban J connectivity index is 2.81. The molecule has 0 unspecified atom stereocenters. The molecule has 0 radical (unpaired) electrons. The maximum Gasteiger partial charge on any atom is 0.219 e. The second-order valence-corrected chi connectivity index (χ2v) is 11.3. The van der Waals surface area contributed by atoms with E-state index in [9.17, 15) is 4.39 Å². The maximum absolute atomic E-state index is 13.5. The molecule has 1 heterocycles. The van der Waals surface area contributed by atoms with Crippen molar-refractivity contribution in [3.63, 3.8) is 0 Å². The summed E-state index contributed by atoms with van der Waals surface area (Å²) in [5.41, 5.74) is 0.498. The van der Waals surface area contributed by atoms with Crippen LogP contribution in [0.2, 0.25) is 18.1 Å². The van der Waals surface area contributed by atoms with Gasteiger partial charge in [0.1, 0.15) is 0 Å². The molecule has 0 saturated heterocycles. The summed E-state index contributed by atoms with van der Waals surface area (Å²) in [6.45, 7) is 11.1. The molecule has 0 fully saturated rings. The van der Waals surface area contributed by atoms with E-state index in [0.29, 0.717) is 10.0 Å². The first kappa shape index (κ1) is 14.8. The first-order valence-corrected chi connectivity index (χ1v) is 9.28. The molecule has 0 aliphatic carbocycles. The molecule has 0 aliphatic heterocycles. The van der Waals surface area contributed by atoms with Crippen LogP contribution < -0.4 is 0 Å². The van der Waals surface area contributed by atoms with E-state index in [4.69, 9.17) is 4.43 Å². The van der Waals surface area contributed by atoms with E-state index in [-0.39, 0.29) is 11.6 Å². The second kappa shape index (κ2) is 5.16. The lowest BCUT2D eigenvalue weighted by molar-refractivity contribution is 0.269. The van der Waals surface area contributed by atoms with Crippen molar-refractivity contribution in [3.8, 4) is 0 Å². The minimum absolute atomic E-state index is 0.123. The Morgan fingerprint density at radius 2 is 2.00 bits per heavy atom. The number of nitrogens with zero attached hydrogens (tertiary/aromatic N) is 1. The van der Waals surface area contributed by atoms with Gasteiger partial charge in [0.05, 0.1) is 6.61 Å². The topological polar surface area (TPSA) is 22.1 Å². The number of hydrogen-bond acceptors (Lipinski definition) is 2. The Morgan fingerprint density at radius 3 is 2.47 bits per heavy atom. The fourth-order valence-corrected chi connectivity index (χ4v) is 2.38. The molecule has 0 aliphatic rings. The molecule has 0 spiro atoms. The van der Waals surface area contributed by atoms with Crippen LogP contribution in [0.25, 0.3) is 0 Å². The molecule has 0 atom stereocenters. The molecule has 1 rings (SSSR count). The van der Waals surface area contributed by atoms with Gasteiger partial charge in [-0.05, 0) is 24.2 Å². The molecule has 0 bridgehead atoms. The highest BCUT2D eigenvalue weighted by atomic mass is 79.9. The number of halogens is 2. The van der Waals surface area contributed by atoms with Crippen LogP contribution in [0.1, 0.15) is 26.3 Å². The average molecular weight is 320 g/mol. The Morgan fingerprint density at radius 1 is 1.41 bits per heavy atom. The van der Waals surface area contributed by atoms with Crippen LogP contribution in [0.15, 0.2) is 16.7 Å². The van der Waals surface area contributed by atoms with Crippen LogP contribution in [-0.4, -0.2) is 13.3 Å². The summed E-state index contributed by atoms with van der Waals surface area (Å²) >= 11 is 3.32. The predicted octanol–water partition coefficient (Wildman–Crippen LogP) is 4.51. The lowest BCUT2D eigenvalue weighted by Gasteiger charge is -2.36. The molecule has 0 amide bonds. The van der Waals surface area contributed by atoms with Crippen molar-refractivity contribution >= 4 is 24.2 Å². The minimum atomic E-state index is -1.85. The van der Waals surface area contributed by atoms with Crippen LogP contribution in [0.4, 0.5) is 4.39 Å². The summed E-state index contributed by atoms with van der Waals surface area (Å²) < 4.78 is 20.2. The standard InChI is InChI=1S/C12H19BrFNOSi/c1-12(2,3)17(4,5)16-8-9-10(13)6-7-15-11(9)14/h6-7H,8H2,1-5H3. The van der Waals surface area contributed by atoms with Crippen molar-refractivity contribution in [1.29, 1.82) is 0 Å². The zero-order valence-corrected chi connectivity index (χ0v) is 13.6. The Kier molecular flexibility index (Phi) is 4.49. The average Bonchev–Trinajstić information content (AvgIpc) is 2.15. The highest BCUT2D eigenvalue weighted by molar-refractivity contribution is 9.10. The first-order chi connectivity index (χ1) is 7.65. The zero-order valence-electron chi connectivity index (χ0n) is 11.0. The number of aromatic nitrogens is 1.